The molecule has 1 saturated heterocycles. The maximum absolute atomic E-state index is 13.9. The number of rotatable bonds is 6. The summed E-state index contributed by atoms with van der Waals surface area (Å²) in [6.45, 7) is 4.68. The number of fused-ring (bicyclic) bond motifs is 1. The summed E-state index contributed by atoms with van der Waals surface area (Å²) in [6, 6.07) is 14.5. The fourth-order valence-corrected chi connectivity index (χ4v) is 6.88. The first kappa shape index (κ1) is 21.3. The predicted octanol–water partition coefficient (Wildman–Crippen LogP) is 4.65. The van der Waals surface area contributed by atoms with E-state index in [1.165, 1.54) is 5.56 Å². The molecule has 3 heterocycles. The summed E-state index contributed by atoms with van der Waals surface area (Å²) in [5.74, 6) is 1.23. The Morgan fingerprint density at radius 2 is 1.88 bits per heavy atom. The maximum atomic E-state index is 13.9. The smallest absolute Gasteiger partial charge is 0.264 e. The van der Waals surface area contributed by atoms with Gasteiger partial charge in [-0.2, -0.15) is 11.3 Å². The Balaban J connectivity index is 1.45. The van der Waals surface area contributed by atoms with Crippen molar-refractivity contribution < 1.29 is 17.9 Å². The van der Waals surface area contributed by atoms with Crippen LogP contribution in [0.15, 0.2) is 64.2 Å². The van der Waals surface area contributed by atoms with Gasteiger partial charge in [0.2, 0.25) is 6.79 Å². The molecular weight excluding hydrogens is 444 g/mol. The van der Waals surface area contributed by atoms with Crippen molar-refractivity contribution in [2.24, 2.45) is 0 Å². The molecule has 0 N–H and O–H groups in total. The van der Waals surface area contributed by atoms with Crippen LogP contribution in [0.25, 0.3) is 0 Å². The van der Waals surface area contributed by atoms with Gasteiger partial charge in [0.1, 0.15) is 0 Å². The summed E-state index contributed by atoms with van der Waals surface area (Å²) in [4.78, 5) is 2.71. The van der Waals surface area contributed by atoms with E-state index < -0.39 is 10.0 Å². The maximum Gasteiger partial charge on any atom is 0.264 e. The fraction of sp³-hybridized carbons (Fsp3) is 0.333. The molecule has 6 nitrogen and oxygen atoms in total. The second kappa shape index (κ2) is 8.77. The van der Waals surface area contributed by atoms with E-state index in [0.29, 0.717) is 22.1 Å². The number of sulfonamides is 1. The molecule has 0 atom stereocenters. The third kappa shape index (κ3) is 4.22. The minimum absolute atomic E-state index is 0.125. The van der Waals surface area contributed by atoms with E-state index in [2.05, 4.69) is 21.7 Å². The minimum atomic E-state index is -3.74. The summed E-state index contributed by atoms with van der Waals surface area (Å²) >= 11 is 1.71. The number of anilines is 1. The summed E-state index contributed by atoms with van der Waals surface area (Å²) in [5, 5.41) is 4.27. The van der Waals surface area contributed by atoms with Crippen LogP contribution < -0.4 is 13.8 Å². The second-order valence-electron chi connectivity index (χ2n) is 8.29. The Hall–Kier alpha value is -2.55. The van der Waals surface area contributed by atoms with Gasteiger partial charge in [0.25, 0.3) is 10.0 Å². The van der Waals surface area contributed by atoms with Gasteiger partial charge >= 0.3 is 0 Å². The van der Waals surface area contributed by atoms with Crippen molar-refractivity contribution in [1.29, 1.82) is 0 Å². The number of nitrogens with zero attached hydrogens (tertiary/aromatic N) is 2. The molecule has 8 heteroatoms. The Bertz CT molecular complexity index is 1190. The van der Waals surface area contributed by atoms with Crippen molar-refractivity contribution in [3.05, 3.63) is 70.4 Å². The lowest BCUT2D eigenvalue weighted by molar-refractivity contribution is 0.174. The first-order valence-corrected chi connectivity index (χ1v) is 13.1. The number of benzene rings is 2. The Morgan fingerprint density at radius 1 is 1.06 bits per heavy atom. The monoisotopic (exact) mass is 470 g/mol. The molecule has 2 aliphatic rings. The van der Waals surface area contributed by atoms with Crippen molar-refractivity contribution in [1.82, 2.24) is 4.90 Å². The van der Waals surface area contributed by atoms with Crippen LogP contribution in [0, 0.1) is 6.92 Å². The lowest BCUT2D eigenvalue weighted by Gasteiger charge is -2.39. The topological polar surface area (TPSA) is 59.1 Å². The number of hydrogen-bond donors (Lipinski definition) is 0. The lowest BCUT2D eigenvalue weighted by Crippen LogP contribution is -2.47. The highest BCUT2D eigenvalue weighted by Crippen LogP contribution is 2.39. The predicted molar refractivity (Wildman–Crippen MR) is 126 cm³/mol. The van der Waals surface area contributed by atoms with Crippen LogP contribution >= 0.6 is 11.3 Å². The molecule has 2 aliphatic heterocycles. The standard InChI is InChI=1S/C24H26N2O4S2/c1-18-3-2-4-22(13-18)32(27,28)26(21-5-6-23-24(14-21)30-17-29-23)20-7-10-25(11-8-20)15-19-9-12-31-16-19/h2-6,9,12-14,16,20H,7-8,10-11,15,17H2,1H3. The highest BCUT2D eigenvalue weighted by Gasteiger charge is 2.35. The highest BCUT2D eigenvalue weighted by molar-refractivity contribution is 7.92. The molecule has 0 aliphatic carbocycles. The van der Waals surface area contributed by atoms with Crippen LogP contribution in [0.1, 0.15) is 24.0 Å². The van der Waals surface area contributed by atoms with Crippen LogP contribution in [0.4, 0.5) is 5.69 Å². The lowest BCUT2D eigenvalue weighted by atomic mass is 10.0. The average Bonchev–Trinajstić information content (AvgIpc) is 3.46. The van der Waals surface area contributed by atoms with Crippen LogP contribution in [0.5, 0.6) is 11.5 Å². The number of thiophene rings is 1. The first-order valence-electron chi connectivity index (χ1n) is 10.7. The van der Waals surface area contributed by atoms with E-state index in [-0.39, 0.29) is 12.8 Å². The Kier molecular flexibility index (Phi) is 5.84. The summed E-state index contributed by atoms with van der Waals surface area (Å²) in [7, 11) is -3.74. The third-order valence-electron chi connectivity index (χ3n) is 6.03. The molecule has 1 fully saturated rings. The second-order valence-corrected chi connectivity index (χ2v) is 10.9. The zero-order valence-electron chi connectivity index (χ0n) is 17.9. The molecule has 168 valence electrons. The normalized spacial score (nSPS) is 16.9. The van der Waals surface area contributed by atoms with Crippen molar-refractivity contribution in [2.45, 2.75) is 37.2 Å². The first-order chi connectivity index (χ1) is 15.5. The van der Waals surface area contributed by atoms with Gasteiger partial charge < -0.3 is 9.47 Å². The van der Waals surface area contributed by atoms with E-state index in [9.17, 15) is 8.42 Å². The van der Waals surface area contributed by atoms with Gasteiger partial charge in [-0.05, 0) is 72.0 Å². The number of likely N-dealkylation sites (tertiary alicyclic amines) is 1. The van der Waals surface area contributed by atoms with E-state index in [4.69, 9.17) is 9.47 Å². The number of hydrogen-bond acceptors (Lipinski definition) is 6. The fourth-order valence-electron chi connectivity index (χ4n) is 4.41. The van der Waals surface area contributed by atoms with Crippen molar-refractivity contribution in [3.63, 3.8) is 0 Å². The minimum Gasteiger partial charge on any atom is -0.454 e. The van der Waals surface area contributed by atoms with E-state index >= 15 is 0 Å². The Morgan fingerprint density at radius 3 is 2.62 bits per heavy atom. The van der Waals surface area contributed by atoms with E-state index in [1.807, 2.05) is 19.1 Å². The number of aryl methyl sites for hydroxylation is 1. The molecule has 32 heavy (non-hydrogen) atoms. The molecule has 0 amide bonds. The molecule has 0 spiro atoms. The zero-order valence-corrected chi connectivity index (χ0v) is 19.6. The van der Waals surface area contributed by atoms with Gasteiger partial charge in [-0.3, -0.25) is 9.21 Å². The van der Waals surface area contributed by atoms with Crippen molar-refractivity contribution in [3.8, 4) is 11.5 Å². The van der Waals surface area contributed by atoms with Crippen molar-refractivity contribution >= 4 is 27.0 Å². The molecule has 0 saturated carbocycles. The quantitative estimate of drug-likeness (QED) is 0.525. The zero-order chi connectivity index (χ0) is 22.1. The van der Waals surface area contributed by atoms with Gasteiger partial charge in [-0.15, -0.1) is 0 Å². The highest BCUT2D eigenvalue weighted by atomic mass is 32.2. The third-order valence-corrected chi connectivity index (χ3v) is 8.64. The molecule has 2 aromatic carbocycles. The summed E-state index contributed by atoms with van der Waals surface area (Å²) < 4.78 is 40.3. The largest absolute Gasteiger partial charge is 0.454 e. The summed E-state index contributed by atoms with van der Waals surface area (Å²) in [6.07, 6.45) is 1.53. The van der Waals surface area contributed by atoms with Crippen LogP contribution in [-0.2, 0) is 16.6 Å². The molecule has 5 rings (SSSR count). The van der Waals surface area contributed by atoms with Gasteiger partial charge in [0.05, 0.1) is 10.6 Å². The van der Waals surface area contributed by atoms with E-state index in [0.717, 1.165) is 38.0 Å². The number of ether oxygens (including phenoxy) is 2. The number of piperidine rings is 1. The van der Waals surface area contributed by atoms with Crippen LogP contribution in [-0.4, -0.2) is 39.2 Å². The molecule has 0 bridgehead atoms. The molecular formula is C24H26N2O4S2. The van der Waals surface area contributed by atoms with Gasteiger partial charge in [0.15, 0.2) is 11.5 Å². The SMILES string of the molecule is Cc1cccc(S(=O)(=O)N(c2ccc3c(c2)OCO3)C2CCN(Cc3ccsc3)CC2)c1. The average molecular weight is 471 g/mol. The van der Waals surface area contributed by atoms with Gasteiger partial charge in [-0.25, -0.2) is 8.42 Å². The summed E-state index contributed by atoms with van der Waals surface area (Å²) in [5.41, 5.74) is 2.85. The molecule has 0 unspecified atom stereocenters. The van der Waals surface area contributed by atoms with Crippen LogP contribution in [0.3, 0.4) is 0 Å². The molecule has 1 aromatic heterocycles. The van der Waals surface area contributed by atoms with Crippen molar-refractivity contribution in [2.75, 3.05) is 24.2 Å². The van der Waals surface area contributed by atoms with E-state index in [1.54, 1.807) is 46.0 Å². The molecule has 3 aromatic rings. The Labute approximate surface area is 193 Å². The van der Waals surface area contributed by atoms with Gasteiger partial charge in [-0.1, -0.05) is 12.1 Å². The van der Waals surface area contributed by atoms with Crippen LogP contribution in [0.2, 0.25) is 0 Å². The molecule has 0 radical (unpaired) electrons. The van der Waals surface area contributed by atoms with Gasteiger partial charge in [0, 0.05) is 31.7 Å².